The number of nitrogens with one attached hydrogen (secondary N) is 1. The third-order valence-electron chi connectivity index (χ3n) is 7.60. The first-order chi connectivity index (χ1) is 18.4. The summed E-state index contributed by atoms with van der Waals surface area (Å²) < 4.78 is 0. The van der Waals surface area contributed by atoms with E-state index in [9.17, 15) is 14.7 Å². The Kier molecular flexibility index (Phi) is 10.3. The van der Waals surface area contributed by atoms with Gasteiger partial charge in [0.05, 0.1) is 6.10 Å². The van der Waals surface area contributed by atoms with Crippen molar-refractivity contribution in [3.8, 4) is 0 Å². The van der Waals surface area contributed by atoms with Gasteiger partial charge in [-0.3, -0.25) is 19.4 Å². The van der Waals surface area contributed by atoms with Crippen LogP contribution >= 0.6 is 0 Å². The zero-order chi connectivity index (χ0) is 26.9. The van der Waals surface area contributed by atoms with Gasteiger partial charge in [0.15, 0.2) is 0 Å². The van der Waals surface area contributed by atoms with Gasteiger partial charge in [-0.15, -0.1) is 0 Å². The number of aliphatic hydroxyl groups is 1. The lowest BCUT2D eigenvalue weighted by Gasteiger charge is -2.34. The maximum atomic E-state index is 12.8. The molecule has 2 aromatic rings. The van der Waals surface area contributed by atoms with Crippen molar-refractivity contribution in [3.05, 3.63) is 70.8 Å². The van der Waals surface area contributed by atoms with Crippen LogP contribution in [0.4, 0.5) is 0 Å². The highest BCUT2D eigenvalue weighted by Gasteiger charge is 2.20. The van der Waals surface area contributed by atoms with E-state index in [-0.39, 0.29) is 18.4 Å². The molecule has 2 aliphatic heterocycles. The maximum Gasteiger partial charge on any atom is 0.251 e. The van der Waals surface area contributed by atoms with Crippen molar-refractivity contribution in [2.45, 2.75) is 38.5 Å². The average Bonchev–Trinajstić information content (AvgIpc) is 2.92. The van der Waals surface area contributed by atoms with Crippen molar-refractivity contribution in [2.24, 2.45) is 0 Å². The number of β-amino-alcohol motifs (C(OH)–C–C–N with tert-alkyl or cyclic N) is 1. The van der Waals surface area contributed by atoms with E-state index in [1.807, 2.05) is 18.2 Å². The van der Waals surface area contributed by atoms with Gasteiger partial charge < -0.3 is 20.2 Å². The SMILES string of the molecule is CN(C)C(=O)CCCN1CCN(Cc2cccc(C(=O)NCC(O)CN3CCc4ccccc4C3)c2)CC1. The lowest BCUT2D eigenvalue weighted by molar-refractivity contribution is -0.128. The third kappa shape index (κ3) is 8.36. The average molecular weight is 522 g/mol. The van der Waals surface area contributed by atoms with Gasteiger partial charge in [-0.05, 0) is 48.2 Å². The Hall–Kier alpha value is -2.78. The van der Waals surface area contributed by atoms with E-state index in [2.05, 4.69) is 50.3 Å². The number of hydrogen-bond acceptors (Lipinski definition) is 6. The second kappa shape index (κ2) is 13.8. The topological polar surface area (TPSA) is 79.4 Å². The molecule has 0 spiro atoms. The summed E-state index contributed by atoms with van der Waals surface area (Å²) in [5.74, 6) is 0.0437. The normalized spacial score (nSPS) is 17.6. The number of benzene rings is 2. The molecule has 0 aliphatic carbocycles. The minimum atomic E-state index is -0.607. The molecule has 2 aromatic carbocycles. The quantitative estimate of drug-likeness (QED) is 0.470. The number of aliphatic hydroxyl groups excluding tert-OH is 1. The number of amides is 2. The fourth-order valence-corrected chi connectivity index (χ4v) is 5.30. The molecule has 4 rings (SSSR count). The predicted octanol–water partition coefficient (Wildman–Crippen LogP) is 1.82. The molecule has 2 amide bonds. The van der Waals surface area contributed by atoms with Gasteiger partial charge in [-0.2, -0.15) is 0 Å². The molecule has 8 nitrogen and oxygen atoms in total. The summed E-state index contributed by atoms with van der Waals surface area (Å²) in [5, 5.41) is 13.5. The molecule has 1 atom stereocenters. The van der Waals surface area contributed by atoms with Crippen LogP contribution in [-0.4, -0.2) is 109 Å². The van der Waals surface area contributed by atoms with E-state index in [0.717, 1.165) is 70.8 Å². The highest BCUT2D eigenvalue weighted by atomic mass is 16.3. The highest BCUT2D eigenvalue weighted by molar-refractivity contribution is 5.94. The summed E-state index contributed by atoms with van der Waals surface area (Å²) in [6, 6.07) is 16.3. The van der Waals surface area contributed by atoms with Crippen molar-refractivity contribution in [1.29, 1.82) is 0 Å². The highest BCUT2D eigenvalue weighted by Crippen LogP contribution is 2.18. The molecule has 0 saturated carbocycles. The smallest absolute Gasteiger partial charge is 0.251 e. The lowest BCUT2D eigenvalue weighted by Crippen LogP contribution is -2.46. The van der Waals surface area contributed by atoms with Gasteiger partial charge >= 0.3 is 0 Å². The van der Waals surface area contributed by atoms with E-state index >= 15 is 0 Å². The minimum absolute atomic E-state index is 0.146. The number of fused-ring (bicyclic) bond motifs is 1. The van der Waals surface area contributed by atoms with Gasteiger partial charge in [0.2, 0.25) is 5.91 Å². The second-order valence-electron chi connectivity index (χ2n) is 10.8. The van der Waals surface area contributed by atoms with Crippen molar-refractivity contribution in [1.82, 2.24) is 24.9 Å². The minimum Gasteiger partial charge on any atom is -0.390 e. The fraction of sp³-hybridized carbons (Fsp3) is 0.533. The molecule has 206 valence electrons. The molecule has 2 heterocycles. The van der Waals surface area contributed by atoms with Crippen LogP contribution < -0.4 is 5.32 Å². The first-order valence-electron chi connectivity index (χ1n) is 13.9. The third-order valence-corrected chi connectivity index (χ3v) is 7.60. The van der Waals surface area contributed by atoms with E-state index in [1.54, 1.807) is 19.0 Å². The Morgan fingerprint density at radius 1 is 0.947 bits per heavy atom. The Balaban J connectivity index is 1.16. The zero-order valence-corrected chi connectivity index (χ0v) is 22.9. The van der Waals surface area contributed by atoms with Crippen LogP contribution in [0.1, 0.15) is 39.9 Å². The summed E-state index contributed by atoms with van der Waals surface area (Å²) in [7, 11) is 3.61. The summed E-state index contributed by atoms with van der Waals surface area (Å²) >= 11 is 0. The second-order valence-corrected chi connectivity index (χ2v) is 10.8. The van der Waals surface area contributed by atoms with Gasteiger partial charge in [-0.1, -0.05) is 36.4 Å². The molecule has 38 heavy (non-hydrogen) atoms. The van der Waals surface area contributed by atoms with Crippen molar-refractivity contribution in [3.63, 3.8) is 0 Å². The van der Waals surface area contributed by atoms with Crippen LogP contribution in [0.3, 0.4) is 0 Å². The largest absolute Gasteiger partial charge is 0.390 e. The standard InChI is InChI=1S/C30H43N5O3/c1-32(2)29(37)11-6-13-33-15-17-34(18-16-33)21-24-7-5-10-26(19-24)30(38)31-20-28(36)23-35-14-12-25-8-3-4-9-27(25)22-35/h3-5,7-10,19,28,36H,6,11-18,20-23H2,1-2H3,(H,31,38). The molecule has 0 radical (unpaired) electrons. The van der Waals surface area contributed by atoms with Crippen LogP contribution in [0.25, 0.3) is 0 Å². The van der Waals surface area contributed by atoms with Gasteiger partial charge in [-0.25, -0.2) is 0 Å². The van der Waals surface area contributed by atoms with Gasteiger partial charge in [0, 0.05) is 85.0 Å². The molecular formula is C30H43N5O3. The van der Waals surface area contributed by atoms with Crippen molar-refractivity contribution >= 4 is 11.8 Å². The molecule has 1 fully saturated rings. The lowest BCUT2D eigenvalue weighted by atomic mass is 10.00. The number of hydrogen-bond donors (Lipinski definition) is 2. The molecular weight excluding hydrogens is 478 g/mol. The van der Waals surface area contributed by atoms with Crippen LogP contribution in [0.2, 0.25) is 0 Å². The van der Waals surface area contributed by atoms with E-state index in [4.69, 9.17) is 0 Å². The van der Waals surface area contributed by atoms with E-state index < -0.39 is 6.10 Å². The summed E-state index contributed by atoms with van der Waals surface area (Å²) in [6.45, 7) is 8.27. The molecule has 1 unspecified atom stereocenters. The monoisotopic (exact) mass is 521 g/mol. The van der Waals surface area contributed by atoms with Crippen LogP contribution in [-0.2, 0) is 24.3 Å². The Morgan fingerprint density at radius 3 is 2.45 bits per heavy atom. The molecule has 0 aromatic heterocycles. The van der Waals surface area contributed by atoms with Crippen LogP contribution in [0.15, 0.2) is 48.5 Å². The fourth-order valence-electron chi connectivity index (χ4n) is 5.30. The maximum absolute atomic E-state index is 12.8. The number of nitrogens with zero attached hydrogens (tertiary/aromatic N) is 4. The molecule has 0 bridgehead atoms. The summed E-state index contributed by atoms with van der Waals surface area (Å²) in [4.78, 5) is 33.3. The molecule has 2 aliphatic rings. The molecule has 8 heteroatoms. The first kappa shape index (κ1) is 28.2. The summed E-state index contributed by atoms with van der Waals surface area (Å²) in [6.07, 6.45) is 1.89. The number of carbonyl (C=O) groups is 2. The number of rotatable bonds is 11. The molecule has 1 saturated heterocycles. The predicted molar refractivity (Wildman–Crippen MR) is 150 cm³/mol. The van der Waals surface area contributed by atoms with E-state index in [1.165, 1.54) is 11.1 Å². The van der Waals surface area contributed by atoms with Gasteiger partial charge in [0.1, 0.15) is 0 Å². The summed E-state index contributed by atoms with van der Waals surface area (Å²) in [5.41, 5.74) is 4.47. The van der Waals surface area contributed by atoms with Crippen molar-refractivity contribution < 1.29 is 14.7 Å². The van der Waals surface area contributed by atoms with Crippen molar-refractivity contribution in [2.75, 3.05) is 66.5 Å². The Morgan fingerprint density at radius 2 is 1.68 bits per heavy atom. The van der Waals surface area contributed by atoms with Gasteiger partial charge in [0.25, 0.3) is 5.91 Å². The first-order valence-corrected chi connectivity index (χ1v) is 13.9. The Labute approximate surface area is 227 Å². The van der Waals surface area contributed by atoms with E-state index in [0.29, 0.717) is 18.5 Å². The molecule has 2 N–H and O–H groups in total. The van der Waals surface area contributed by atoms with Crippen LogP contribution in [0.5, 0.6) is 0 Å². The Bertz CT molecular complexity index is 1070. The number of piperazine rings is 1. The number of carbonyl (C=O) groups excluding carboxylic acids is 2. The zero-order valence-electron chi connectivity index (χ0n) is 22.9. The van der Waals surface area contributed by atoms with Crippen LogP contribution in [0, 0.1) is 0 Å².